The van der Waals surface area contributed by atoms with Crippen LogP contribution >= 0.6 is 24.0 Å². The van der Waals surface area contributed by atoms with Crippen LogP contribution in [0.2, 0.25) is 0 Å². The molecule has 5 nitrogen and oxygen atoms in total. The Bertz CT molecular complexity index is 684. The van der Waals surface area contributed by atoms with Crippen LogP contribution in [0.1, 0.15) is 24.5 Å². The van der Waals surface area contributed by atoms with Crippen LogP contribution in [0.25, 0.3) is 0 Å². The van der Waals surface area contributed by atoms with Crippen molar-refractivity contribution in [3.63, 3.8) is 0 Å². The second-order valence-electron chi connectivity index (χ2n) is 5.91. The highest BCUT2D eigenvalue weighted by molar-refractivity contribution is 14.0. The van der Waals surface area contributed by atoms with E-state index >= 15 is 0 Å². The van der Waals surface area contributed by atoms with E-state index in [0.717, 1.165) is 43.2 Å². The number of nitrogens with zero attached hydrogens (tertiary/aromatic N) is 4. The molecule has 0 bridgehead atoms. The highest BCUT2D eigenvalue weighted by Crippen LogP contribution is 2.29. The monoisotopic (exact) mass is 495 g/mol. The summed E-state index contributed by atoms with van der Waals surface area (Å²) in [6.07, 6.45) is 0.191. The van der Waals surface area contributed by atoms with E-state index in [-0.39, 0.29) is 24.0 Å². The minimum absolute atomic E-state index is 0. The van der Waals surface area contributed by atoms with Crippen LogP contribution in [0.3, 0.4) is 0 Å². The van der Waals surface area contributed by atoms with E-state index in [4.69, 9.17) is 0 Å². The fourth-order valence-corrected chi connectivity index (χ4v) is 2.47. The topological polar surface area (TPSA) is 45.5 Å². The van der Waals surface area contributed by atoms with Crippen molar-refractivity contribution in [1.29, 1.82) is 0 Å². The number of benzene rings is 1. The molecule has 1 aromatic heterocycles. The summed E-state index contributed by atoms with van der Waals surface area (Å²) in [6, 6.07) is 7.10. The number of aromatic nitrogens is 2. The van der Waals surface area contributed by atoms with Gasteiger partial charge in [0.05, 0.1) is 5.56 Å². The molecular formula is C18H25F3IN5. The maximum absolute atomic E-state index is 12.6. The number of guanidine groups is 1. The van der Waals surface area contributed by atoms with E-state index in [2.05, 4.69) is 15.4 Å². The molecule has 2 aromatic rings. The first-order valence-electron chi connectivity index (χ1n) is 8.53. The zero-order valence-corrected chi connectivity index (χ0v) is 17.7. The lowest BCUT2D eigenvalue weighted by atomic mass is 10.1. The van der Waals surface area contributed by atoms with Gasteiger partial charge in [-0.1, -0.05) is 12.1 Å². The predicted molar refractivity (Wildman–Crippen MR) is 111 cm³/mol. The molecule has 27 heavy (non-hydrogen) atoms. The third-order valence-electron chi connectivity index (χ3n) is 3.76. The molecule has 1 heterocycles. The number of rotatable bonds is 7. The van der Waals surface area contributed by atoms with Crippen molar-refractivity contribution in [2.75, 3.05) is 20.1 Å². The fraction of sp³-hybridized carbons (Fsp3) is 0.444. The van der Waals surface area contributed by atoms with Gasteiger partial charge in [-0.15, -0.1) is 24.0 Å². The third-order valence-corrected chi connectivity index (χ3v) is 3.76. The SMILES string of the molecule is CCNC(=NCCCn1cccn1)N(C)Cc1ccc(C(F)(F)F)cc1.I. The summed E-state index contributed by atoms with van der Waals surface area (Å²) in [5.41, 5.74) is 0.158. The summed E-state index contributed by atoms with van der Waals surface area (Å²) in [4.78, 5) is 6.48. The van der Waals surface area contributed by atoms with E-state index in [1.54, 1.807) is 6.20 Å². The maximum Gasteiger partial charge on any atom is 0.416 e. The summed E-state index contributed by atoms with van der Waals surface area (Å²) in [7, 11) is 1.87. The van der Waals surface area contributed by atoms with Gasteiger partial charge in [0.1, 0.15) is 0 Å². The Morgan fingerprint density at radius 3 is 2.52 bits per heavy atom. The second-order valence-corrected chi connectivity index (χ2v) is 5.91. The van der Waals surface area contributed by atoms with Crippen LogP contribution < -0.4 is 5.32 Å². The van der Waals surface area contributed by atoms with E-state index in [9.17, 15) is 13.2 Å². The van der Waals surface area contributed by atoms with Crippen molar-refractivity contribution >= 4 is 29.9 Å². The van der Waals surface area contributed by atoms with E-state index < -0.39 is 11.7 Å². The third kappa shape index (κ3) is 7.77. The van der Waals surface area contributed by atoms with Crippen LogP contribution in [0.4, 0.5) is 13.2 Å². The van der Waals surface area contributed by atoms with Crippen LogP contribution in [0, 0.1) is 0 Å². The summed E-state index contributed by atoms with van der Waals surface area (Å²) in [5, 5.41) is 7.35. The zero-order valence-electron chi connectivity index (χ0n) is 15.4. The standard InChI is InChI=1S/C18H24F3N5.HI/c1-3-22-17(23-10-4-12-26-13-5-11-24-26)25(2)14-15-6-8-16(9-7-15)18(19,20)21;/h5-9,11,13H,3-4,10,12,14H2,1-2H3,(H,22,23);1H. The van der Waals surface area contributed by atoms with E-state index in [1.807, 2.05) is 35.8 Å². The number of aryl methyl sites for hydroxylation is 1. The van der Waals surface area contributed by atoms with Crippen LogP contribution in [-0.4, -0.2) is 40.8 Å². The van der Waals surface area contributed by atoms with Gasteiger partial charge < -0.3 is 10.2 Å². The smallest absolute Gasteiger partial charge is 0.357 e. The van der Waals surface area contributed by atoms with Gasteiger partial charge in [0, 0.05) is 45.6 Å². The average Bonchev–Trinajstić information content (AvgIpc) is 3.10. The molecule has 1 N–H and O–H groups in total. The molecule has 9 heteroatoms. The Kier molecular flexibility index (Phi) is 9.61. The molecule has 0 radical (unpaired) electrons. The van der Waals surface area contributed by atoms with Crippen molar-refractivity contribution in [3.05, 3.63) is 53.9 Å². The van der Waals surface area contributed by atoms with Crippen molar-refractivity contribution < 1.29 is 13.2 Å². The average molecular weight is 495 g/mol. The number of nitrogens with one attached hydrogen (secondary N) is 1. The molecule has 0 fully saturated rings. The quantitative estimate of drug-likeness (QED) is 0.274. The van der Waals surface area contributed by atoms with E-state index in [1.165, 1.54) is 12.1 Å². The van der Waals surface area contributed by atoms with Crippen LogP contribution in [0.5, 0.6) is 0 Å². The molecule has 0 saturated heterocycles. The van der Waals surface area contributed by atoms with Crippen LogP contribution in [0.15, 0.2) is 47.7 Å². The molecule has 1 aromatic carbocycles. The van der Waals surface area contributed by atoms with Crippen molar-refractivity contribution in [2.45, 2.75) is 32.6 Å². The van der Waals surface area contributed by atoms with Gasteiger partial charge >= 0.3 is 6.18 Å². The summed E-state index contributed by atoms with van der Waals surface area (Å²) < 4.78 is 39.8. The van der Waals surface area contributed by atoms with Gasteiger partial charge in [0.25, 0.3) is 0 Å². The number of hydrogen-bond donors (Lipinski definition) is 1. The zero-order chi connectivity index (χ0) is 19.0. The molecule has 0 saturated carbocycles. The van der Waals surface area contributed by atoms with Crippen molar-refractivity contribution in [2.24, 2.45) is 4.99 Å². The van der Waals surface area contributed by atoms with Gasteiger partial charge in [0.2, 0.25) is 0 Å². The highest BCUT2D eigenvalue weighted by Gasteiger charge is 2.29. The maximum atomic E-state index is 12.6. The lowest BCUT2D eigenvalue weighted by molar-refractivity contribution is -0.137. The first-order valence-corrected chi connectivity index (χ1v) is 8.53. The molecule has 2 rings (SSSR count). The first kappa shape index (κ1) is 23.3. The second kappa shape index (κ2) is 11.2. The minimum atomic E-state index is -4.31. The molecular weight excluding hydrogens is 470 g/mol. The lowest BCUT2D eigenvalue weighted by Gasteiger charge is -2.22. The number of halogens is 4. The first-order chi connectivity index (χ1) is 12.4. The Labute approximate surface area is 174 Å². The fourth-order valence-electron chi connectivity index (χ4n) is 2.47. The Hall–Kier alpha value is -1.78. The Balaban J connectivity index is 0.00000364. The molecule has 150 valence electrons. The Morgan fingerprint density at radius 2 is 1.96 bits per heavy atom. The molecule has 0 aliphatic carbocycles. The predicted octanol–water partition coefficient (Wildman–Crippen LogP) is 4.01. The number of aliphatic imine (C=N–C) groups is 1. The van der Waals surface area contributed by atoms with Gasteiger partial charge in [-0.25, -0.2) is 0 Å². The van der Waals surface area contributed by atoms with Crippen molar-refractivity contribution in [3.8, 4) is 0 Å². The molecule has 0 atom stereocenters. The molecule has 0 spiro atoms. The van der Waals surface area contributed by atoms with Gasteiger partial charge in [-0.3, -0.25) is 9.67 Å². The van der Waals surface area contributed by atoms with Crippen molar-refractivity contribution in [1.82, 2.24) is 20.0 Å². The van der Waals surface area contributed by atoms with E-state index in [0.29, 0.717) is 13.1 Å². The molecule has 0 aliphatic rings. The Morgan fingerprint density at radius 1 is 1.26 bits per heavy atom. The molecule has 0 unspecified atom stereocenters. The summed E-state index contributed by atoms with van der Waals surface area (Å²) in [6.45, 7) is 4.60. The normalized spacial score (nSPS) is 11.8. The molecule has 0 aliphatic heterocycles. The summed E-state index contributed by atoms with van der Waals surface area (Å²) in [5.74, 6) is 0.730. The molecule has 0 amide bonds. The largest absolute Gasteiger partial charge is 0.416 e. The lowest BCUT2D eigenvalue weighted by Crippen LogP contribution is -2.38. The van der Waals surface area contributed by atoms with Gasteiger partial charge in [-0.2, -0.15) is 18.3 Å². The van der Waals surface area contributed by atoms with Gasteiger partial charge in [0.15, 0.2) is 5.96 Å². The summed E-state index contributed by atoms with van der Waals surface area (Å²) >= 11 is 0. The van der Waals surface area contributed by atoms with Crippen LogP contribution in [-0.2, 0) is 19.3 Å². The number of alkyl halides is 3. The minimum Gasteiger partial charge on any atom is -0.357 e. The highest BCUT2D eigenvalue weighted by atomic mass is 127. The number of hydrogen-bond acceptors (Lipinski definition) is 2. The van der Waals surface area contributed by atoms with Gasteiger partial charge in [-0.05, 0) is 37.1 Å².